The zero-order valence-corrected chi connectivity index (χ0v) is 16.3. The van der Waals surface area contributed by atoms with Crippen molar-refractivity contribution in [2.75, 3.05) is 39.5 Å². The van der Waals surface area contributed by atoms with Crippen molar-refractivity contribution in [3.8, 4) is 11.5 Å². The van der Waals surface area contributed by atoms with Crippen LogP contribution in [0.2, 0.25) is 0 Å². The number of rotatable bonds is 6. The Labute approximate surface area is 166 Å². The highest BCUT2D eigenvalue weighted by Crippen LogP contribution is 2.32. The molecule has 0 saturated carbocycles. The van der Waals surface area contributed by atoms with Crippen LogP contribution in [0.25, 0.3) is 0 Å². The van der Waals surface area contributed by atoms with Crippen LogP contribution in [-0.2, 0) is 11.3 Å². The first-order valence-corrected chi connectivity index (χ1v) is 9.86. The Kier molecular flexibility index (Phi) is 5.78. The SMILES string of the molecule is C[C@H](NCC(=O)N1CCN(Cc2ccc3c(c2)OCO3)CC1)c1ccccc1. The molecule has 1 N–H and O–H groups in total. The van der Waals surface area contributed by atoms with Crippen LogP contribution in [0, 0.1) is 0 Å². The molecule has 2 aromatic rings. The fourth-order valence-electron chi connectivity index (χ4n) is 3.66. The van der Waals surface area contributed by atoms with Crippen LogP contribution in [0.5, 0.6) is 11.5 Å². The molecule has 1 amide bonds. The van der Waals surface area contributed by atoms with E-state index in [1.807, 2.05) is 29.2 Å². The third-order valence-corrected chi connectivity index (χ3v) is 5.43. The summed E-state index contributed by atoms with van der Waals surface area (Å²) in [6.07, 6.45) is 0. The molecule has 6 nitrogen and oxygen atoms in total. The lowest BCUT2D eigenvalue weighted by Gasteiger charge is -2.35. The van der Waals surface area contributed by atoms with Gasteiger partial charge in [0.2, 0.25) is 12.7 Å². The topological polar surface area (TPSA) is 54.0 Å². The molecule has 2 heterocycles. The molecule has 0 spiro atoms. The number of benzene rings is 2. The number of carbonyl (C=O) groups is 1. The fourth-order valence-corrected chi connectivity index (χ4v) is 3.66. The molecule has 148 valence electrons. The van der Waals surface area contributed by atoms with Crippen LogP contribution in [0.3, 0.4) is 0 Å². The van der Waals surface area contributed by atoms with E-state index >= 15 is 0 Å². The maximum absolute atomic E-state index is 12.5. The molecule has 28 heavy (non-hydrogen) atoms. The number of carbonyl (C=O) groups excluding carboxylic acids is 1. The second-order valence-electron chi connectivity index (χ2n) is 7.36. The van der Waals surface area contributed by atoms with Gasteiger partial charge in [-0.15, -0.1) is 0 Å². The predicted octanol–water partition coefficient (Wildman–Crippen LogP) is 2.41. The Morgan fingerprint density at radius 2 is 1.79 bits per heavy atom. The molecule has 1 saturated heterocycles. The summed E-state index contributed by atoms with van der Waals surface area (Å²) in [5.41, 5.74) is 2.41. The van der Waals surface area contributed by atoms with E-state index in [1.165, 1.54) is 11.1 Å². The van der Waals surface area contributed by atoms with Gasteiger partial charge >= 0.3 is 0 Å². The molecule has 2 aliphatic rings. The smallest absolute Gasteiger partial charge is 0.236 e. The third kappa shape index (κ3) is 4.46. The summed E-state index contributed by atoms with van der Waals surface area (Å²) in [6, 6.07) is 16.5. The summed E-state index contributed by atoms with van der Waals surface area (Å²) in [5.74, 6) is 1.81. The van der Waals surface area contributed by atoms with E-state index in [4.69, 9.17) is 9.47 Å². The van der Waals surface area contributed by atoms with Gasteiger partial charge in [0.05, 0.1) is 6.54 Å². The lowest BCUT2D eigenvalue weighted by atomic mass is 10.1. The highest BCUT2D eigenvalue weighted by Gasteiger charge is 2.22. The number of hydrogen-bond donors (Lipinski definition) is 1. The summed E-state index contributed by atoms with van der Waals surface area (Å²) < 4.78 is 10.8. The largest absolute Gasteiger partial charge is 0.454 e. The quantitative estimate of drug-likeness (QED) is 0.833. The minimum atomic E-state index is 0.164. The third-order valence-electron chi connectivity index (χ3n) is 5.43. The van der Waals surface area contributed by atoms with Crippen LogP contribution < -0.4 is 14.8 Å². The lowest BCUT2D eigenvalue weighted by molar-refractivity contribution is -0.132. The number of amides is 1. The van der Waals surface area contributed by atoms with Gasteiger partial charge in [-0.3, -0.25) is 9.69 Å². The second kappa shape index (κ2) is 8.63. The minimum Gasteiger partial charge on any atom is -0.454 e. The number of piperazine rings is 1. The van der Waals surface area contributed by atoms with Crippen LogP contribution in [-0.4, -0.2) is 55.2 Å². The molecule has 2 aliphatic heterocycles. The summed E-state index contributed by atoms with van der Waals surface area (Å²) in [6.45, 7) is 6.93. The van der Waals surface area contributed by atoms with Crippen molar-refractivity contribution in [3.63, 3.8) is 0 Å². The Balaban J connectivity index is 1.22. The monoisotopic (exact) mass is 381 g/mol. The number of nitrogens with zero attached hydrogens (tertiary/aromatic N) is 2. The normalized spacial score (nSPS) is 17.5. The van der Waals surface area contributed by atoms with E-state index in [0.29, 0.717) is 13.3 Å². The molecular formula is C22H27N3O3. The number of nitrogens with one attached hydrogen (secondary N) is 1. The average Bonchev–Trinajstić information content (AvgIpc) is 3.21. The zero-order valence-electron chi connectivity index (χ0n) is 16.3. The summed E-state index contributed by atoms with van der Waals surface area (Å²) in [7, 11) is 0. The van der Waals surface area contributed by atoms with Crippen LogP contribution in [0.15, 0.2) is 48.5 Å². The predicted molar refractivity (Wildman–Crippen MR) is 107 cm³/mol. The van der Waals surface area contributed by atoms with Crippen molar-refractivity contribution < 1.29 is 14.3 Å². The van der Waals surface area contributed by atoms with Gasteiger partial charge in [-0.25, -0.2) is 0 Å². The van der Waals surface area contributed by atoms with Gasteiger partial charge in [0.1, 0.15) is 0 Å². The van der Waals surface area contributed by atoms with E-state index in [-0.39, 0.29) is 11.9 Å². The molecule has 0 radical (unpaired) electrons. The highest BCUT2D eigenvalue weighted by atomic mass is 16.7. The van der Waals surface area contributed by atoms with Crippen LogP contribution >= 0.6 is 0 Å². The standard InChI is InChI=1S/C22H27N3O3/c1-17(19-5-3-2-4-6-19)23-14-22(26)25-11-9-24(10-12-25)15-18-7-8-20-21(13-18)28-16-27-20/h2-8,13,17,23H,9-12,14-16H2,1H3/t17-/m0/s1. The van der Waals surface area contributed by atoms with Gasteiger partial charge in [-0.2, -0.15) is 0 Å². The van der Waals surface area contributed by atoms with E-state index < -0.39 is 0 Å². The Morgan fingerprint density at radius 1 is 1.04 bits per heavy atom. The fraction of sp³-hybridized carbons (Fsp3) is 0.409. The molecule has 1 fully saturated rings. The number of hydrogen-bond acceptors (Lipinski definition) is 5. The van der Waals surface area contributed by atoms with E-state index in [9.17, 15) is 4.79 Å². The second-order valence-corrected chi connectivity index (χ2v) is 7.36. The Morgan fingerprint density at radius 3 is 2.57 bits per heavy atom. The molecule has 0 bridgehead atoms. The van der Waals surface area contributed by atoms with Gasteiger partial charge in [0.15, 0.2) is 11.5 Å². The lowest BCUT2D eigenvalue weighted by Crippen LogP contribution is -2.50. The molecular weight excluding hydrogens is 354 g/mol. The molecule has 0 aliphatic carbocycles. The first-order valence-electron chi connectivity index (χ1n) is 9.86. The Hall–Kier alpha value is -2.57. The molecule has 1 atom stereocenters. The van der Waals surface area contributed by atoms with Crippen molar-refractivity contribution in [1.82, 2.24) is 15.1 Å². The Bertz CT molecular complexity index is 804. The van der Waals surface area contributed by atoms with E-state index in [1.54, 1.807) is 0 Å². The molecule has 0 aromatic heterocycles. The summed E-state index contributed by atoms with van der Waals surface area (Å²) in [5, 5.41) is 3.34. The number of fused-ring (bicyclic) bond motifs is 1. The first kappa shape index (κ1) is 18.8. The van der Waals surface area contributed by atoms with E-state index in [0.717, 1.165) is 44.2 Å². The minimum absolute atomic E-state index is 0.164. The first-order chi connectivity index (χ1) is 13.7. The van der Waals surface area contributed by atoms with Crippen molar-refractivity contribution in [3.05, 3.63) is 59.7 Å². The summed E-state index contributed by atoms with van der Waals surface area (Å²) >= 11 is 0. The van der Waals surface area contributed by atoms with E-state index in [2.05, 4.69) is 41.4 Å². The number of ether oxygens (including phenoxy) is 2. The average molecular weight is 381 g/mol. The van der Waals surface area contributed by atoms with Crippen molar-refractivity contribution in [2.45, 2.75) is 19.5 Å². The van der Waals surface area contributed by atoms with Gasteiger partial charge in [0.25, 0.3) is 0 Å². The molecule has 0 unspecified atom stereocenters. The molecule has 6 heteroatoms. The van der Waals surface area contributed by atoms with Gasteiger partial charge in [-0.1, -0.05) is 36.4 Å². The van der Waals surface area contributed by atoms with Crippen LogP contribution in [0.1, 0.15) is 24.1 Å². The van der Waals surface area contributed by atoms with Crippen LogP contribution in [0.4, 0.5) is 0 Å². The maximum atomic E-state index is 12.5. The zero-order chi connectivity index (χ0) is 19.3. The summed E-state index contributed by atoms with van der Waals surface area (Å²) in [4.78, 5) is 16.9. The van der Waals surface area contributed by atoms with Crippen molar-refractivity contribution >= 4 is 5.91 Å². The van der Waals surface area contributed by atoms with Gasteiger partial charge < -0.3 is 19.7 Å². The van der Waals surface area contributed by atoms with Gasteiger partial charge in [-0.05, 0) is 30.2 Å². The van der Waals surface area contributed by atoms with Crippen molar-refractivity contribution in [1.29, 1.82) is 0 Å². The highest BCUT2D eigenvalue weighted by molar-refractivity contribution is 5.78. The van der Waals surface area contributed by atoms with Gasteiger partial charge in [0, 0.05) is 38.8 Å². The van der Waals surface area contributed by atoms with Crippen molar-refractivity contribution in [2.24, 2.45) is 0 Å². The molecule has 2 aromatic carbocycles. The maximum Gasteiger partial charge on any atom is 0.236 e. The molecule has 4 rings (SSSR count).